The van der Waals surface area contributed by atoms with Gasteiger partial charge in [0.1, 0.15) is 16.5 Å². The van der Waals surface area contributed by atoms with E-state index in [4.69, 9.17) is 11.6 Å². The van der Waals surface area contributed by atoms with Gasteiger partial charge in [0, 0.05) is 23.0 Å². The standard InChI is InChI=1S/C25H20ClN3O4/c1-14-6-11-19(12-15(14)2)29-24(32)21(26)22(25(29)33)27-17-9-7-16(8-10-17)23(31)28-18-4-3-5-20(30)13-18/h3-13,27,30H,1-2H3,(H,28,31). The molecule has 3 N–H and O–H groups in total. The van der Waals surface area contributed by atoms with E-state index in [9.17, 15) is 19.5 Å². The molecule has 0 atom stereocenters. The summed E-state index contributed by atoms with van der Waals surface area (Å²) in [7, 11) is 0. The summed E-state index contributed by atoms with van der Waals surface area (Å²) in [6.45, 7) is 3.84. The van der Waals surface area contributed by atoms with Crippen molar-refractivity contribution in [2.75, 3.05) is 15.5 Å². The number of aryl methyl sites for hydroxylation is 2. The molecule has 0 saturated carbocycles. The Morgan fingerprint density at radius 2 is 1.61 bits per heavy atom. The quantitative estimate of drug-likeness (QED) is 0.478. The van der Waals surface area contributed by atoms with Gasteiger partial charge in [-0.15, -0.1) is 0 Å². The molecule has 0 unspecified atom stereocenters. The maximum absolute atomic E-state index is 12.9. The predicted octanol–water partition coefficient (Wildman–Crippen LogP) is 4.70. The lowest BCUT2D eigenvalue weighted by atomic mass is 10.1. The molecule has 0 bridgehead atoms. The highest BCUT2D eigenvalue weighted by atomic mass is 35.5. The Kier molecular flexibility index (Phi) is 5.89. The van der Waals surface area contributed by atoms with Crippen LogP contribution in [-0.2, 0) is 9.59 Å². The number of carbonyl (C=O) groups excluding carboxylic acids is 3. The molecule has 4 rings (SSSR count). The Balaban J connectivity index is 1.49. The van der Waals surface area contributed by atoms with Crippen molar-refractivity contribution in [3.05, 3.63) is 94.1 Å². The third-order valence-corrected chi connectivity index (χ3v) is 5.65. The average Bonchev–Trinajstić information content (AvgIpc) is 2.99. The number of amides is 3. The monoisotopic (exact) mass is 461 g/mol. The van der Waals surface area contributed by atoms with E-state index in [1.165, 1.54) is 12.1 Å². The van der Waals surface area contributed by atoms with E-state index in [0.717, 1.165) is 16.0 Å². The molecular weight excluding hydrogens is 442 g/mol. The summed E-state index contributed by atoms with van der Waals surface area (Å²) in [4.78, 5) is 39.1. The molecule has 0 aromatic heterocycles. The molecular formula is C25H20ClN3O4. The van der Waals surface area contributed by atoms with Crippen molar-refractivity contribution in [2.45, 2.75) is 13.8 Å². The summed E-state index contributed by atoms with van der Waals surface area (Å²) >= 11 is 6.19. The van der Waals surface area contributed by atoms with Gasteiger partial charge in [-0.05, 0) is 73.5 Å². The number of phenolic OH excluding ortho intramolecular Hbond substituents is 1. The maximum Gasteiger partial charge on any atom is 0.283 e. The molecule has 33 heavy (non-hydrogen) atoms. The number of rotatable bonds is 5. The van der Waals surface area contributed by atoms with Crippen LogP contribution in [0.3, 0.4) is 0 Å². The number of nitrogens with one attached hydrogen (secondary N) is 2. The van der Waals surface area contributed by atoms with Crippen LogP contribution in [0.5, 0.6) is 5.75 Å². The van der Waals surface area contributed by atoms with Crippen molar-refractivity contribution in [3.63, 3.8) is 0 Å². The molecule has 7 nitrogen and oxygen atoms in total. The Morgan fingerprint density at radius 3 is 2.27 bits per heavy atom. The molecule has 3 aromatic rings. The number of hydrogen-bond acceptors (Lipinski definition) is 5. The first-order valence-electron chi connectivity index (χ1n) is 10.1. The van der Waals surface area contributed by atoms with Crippen LogP contribution in [0.4, 0.5) is 17.1 Å². The molecule has 0 fully saturated rings. The number of imide groups is 1. The first-order chi connectivity index (χ1) is 15.7. The molecule has 8 heteroatoms. The summed E-state index contributed by atoms with van der Waals surface area (Å²) in [5, 5.41) is 14.9. The SMILES string of the molecule is Cc1ccc(N2C(=O)C(Cl)=C(Nc3ccc(C(=O)Nc4cccc(O)c4)cc3)C2=O)cc1C. The highest BCUT2D eigenvalue weighted by Gasteiger charge is 2.39. The topological polar surface area (TPSA) is 98.7 Å². The van der Waals surface area contributed by atoms with E-state index >= 15 is 0 Å². The first kappa shape index (κ1) is 22.1. The summed E-state index contributed by atoms with van der Waals surface area (Å²) in [6, 6.07) is 17.9. The molecule has 3 aromatic carbocycles. The van der Waals surface area contributed by atoms with E-state index in [0.29, 0.717) is 22.6 Å². The average molecular weight is 462 g/mol. The van der Waals surface area contributed by atoms with E-state index < -0.39 is 11.8 Å². The van der Waals surface area contributed by atoms with Crippen LogP contribution >= 0.6 is 11.6 Å². The van der Waals surface area contributed by atoms with Crippen LogP contribution in [0.1, 0.15) is 21.5 Å². The molecule has 1 aliphatic rings. The summed E-state index contributed by atoms with van der Waals surface area (Å²) < 4.78 is 0. The third kappa shape index (κ3) is 4.44. The van der Waals surface area contributed by atoms with Crippen LogP contribution < -0.4 is 15.5 Å². The highest BCUT2D eigenvalue weighted by Crippen LogP contribution is 2.31. The Labute approximate surface area is 195 Å². The van der Waals surface area contributed by atoms with Crippen LogP contribution in [0, 0.1) is 13.8 Å². The van der Waals surface area contributed by atoms with Crippen molar-refractivity contribution < 1.29 is 19.5 Å². The second-order valence-electron chi connectivity index (χ2n) is 7.61. The fourth-order valence-electron chi connectivity index (χ4n) is 3.35. The van der Waals surface area contributed by atoms with Gasteiger partial charge in [-0.2, -0.15) is 0 Å². The van der Waals surface area contributed by atoms with Gasteiger partial charge < -0.3 is 15.7 Å². The van der Waals surface area contributed by atoms with Gasteiger partial charge >= 0.3 is 0 Å². The minimum atomic E-state index is -0.602. The summed E-state index contributed by atoms with van der Waals surface area (Å²) in [5.41, 5.74) is 3.72. The summed E-state index contributed by atoms with van der Waals surface area (Å²) in [5.74, 6) is -1.48. The third-order valence-electron chi connectivity index (χ3n) is 5.30. The number of nitrogens with zero attached hydrogens (tertiary/aromatic N) is 1. The van der Waals surface area contributed by atoms with E-state index in [2.05, 4.69) is 10.6 Å². The minimum Gasteiger partial charge on any atom is -0.508 e. The maximum atomic E-state index is 12.9. The smallest absolute Gasteiger partial charge is 0.283 e. The van der Waals surface area contributed by atoms with E-state index in [1.54, 1.807) is 48.5 Å². The molecule has 1 heterocycles. The van der Waals surface area contributed by atoms with Crippen molar-refractivity contribution >= 4 is 46.4 Å². The second-order valence-corrected chi connectivity index (χ2v) is 7.99. The number of benzene rings is 3. The largest absolute Gasteiger partial charge is 0.508 e. The molecule has 0 aliphatic carbocycles. The zero-order chi connectivity index (χ0) is 23.7. The molecule has 0 radical (unpaired) electrons. The zero-order valence-electron chi connectivity index (χ0n) is 17.8. The molecule has 0 saturated heterocycles. The van der Waals surface area contributed by atoms with Crippen LogP contribution in [-0.4, -0.2) is 22.8 Å². The zero-order valence-corrected chi connectivity index (χ0v) is 18.6. The minimum absolute atomic E-state index is 0.0307. The normalized spacial score (nSPS) is 13.5. The van der Waals surface area contributed by atoms with Crippen LogP contribution in [0.2, 0.25) is 0 Å². The Morgan fingerprint density at radius 1 is 0.879 bits per heavy atom. The van der Waals surface area contributed by atoms with Crippen molar-refractivity contribution in [1.29, 1.82) is 0 Å². The molecule has 166 valence electrons. The van der Waals surface area contributed by atoms with Crippen LogP contribution in [0.15, 0.2) is 77.5 Å². The lowest BCUT2D eigenvalue weighted by Crippen LogP contribution is -2.32. The Bertz CT molecular complexity index is 1320. The Hall–Kier alpha value is -4.10. The number of aromatic hydroxyl groups is 1. The van der Waals surface area contributed by atoms with E-state index in [-0.39, 0.29) is 22.4 Å². The van der Waals surface area contributed by atoms with Gasteiger partial charge in [0.25, 0.3) is 17.7 Å². The number of halogens is 1. The number of carbonyl (C=O) groups is 3. The van der Waals surface area contributed by atoms with Gasteiger partial charge in [-0.3, -0.25) is 14.4 Å². The fraction of sp³-hybridized carbons (Fsp3) is 0.0800. The molecule has 0 spiro atoms. The van der Waals surface area contributed by atoms with Crippen molar-refractivity contribution in [1.82, 2.24) is 0 Å². The predicted molar refractivity (Wildman–Crippen MR) is 127 cm³/mol. The van der Waals surface area contributed by atoms with Gasteiger partial charge in [-0.1, -0.05) is 23.7 Å². The lowest BCUT2D eigenvalue weighted by molar-refractivity contribution is -0.120. The van der Waals surface area contributed by atoms with Crippen molar-refractivity contribution in [3.8, 4) is 5.75 Å². The van der Waals surface area contributed by atoms with Crippen molar-refractivity contribution in [2.24, 2.45) is 0 Å². The van der Waals surface area contributed by atoms with Gasteiger partial charge in [0.05, 0.1) is 5.69 Å². The van der Waals surface area contributed by atoms with E-state index in [1.807, 2.05) is 19.9 Å². The molecule has 3 amide bonds. The lowest BCUT2D eigenvalue weighted by Gasteiger charge is -2.16. The highest BCUT2D eigenvalue weighted by molar-refractivity contribution is 6.53. The van der Waals surface area contributed by atoms with Gasteiger partial charge in [0.15, 0.2) is 0 Å². The van der Waals surface area contributed by atoms with Gasteiger partial charge in [-0.25, -0.2) is 4.90 Å². The fourth-order valence-corrected chi connectivity index (χ4v) is 3.56. The number of hydrogen-bond donors (Lipinski definition) is 3. The van der Waals surface area contributed by atoms with Gasteiger partial charge in [0.2, 0.25) is 0 Å². The van der Waals surface area contributed by atoms with Crippen LogP contribution in [0.25, 0.3) is 0 Å². The summed E-state index contributed by atoms with van der Waals surface area (Å²) in [6.07, 6.45) is 0. The number of anilines is 3. The first-order valence-corrected chi connectivity index (χ1v) is 10.5. The number of phenols is 1. The second kappa shape index (κ2) is 8.80. The molecule has 1 aliphatic heterocycles.